The van der Waals surface area contributed by atoms with Crippen molar-refractivity contribution in [3.63, 3.8) is 0 Å². The number of para-hydroxylation sites is 1. The average Bonchev–Trinajstić information content (AvgIpc) is 2.56. The maximum atomic E-state index is 12.7. The molecule has 3 rings (SSSR count). The fraction of sp³-hybridized carbons (Fsp3) is 0.188. The number of primary amides is 1. The molecule has 0 bridgehead atoms. The fourth-order valence-electron chi connectivity index (χ4n) is 2.39. The van der Waals surface area contributed by atoms with Crippen molar-refractivity contribution in [2.24, 2.45) is 5.73 Å². The van der Waals surface area contributed by atoms with Crippen LogP contribution in [0.2, 0.25) is 0 Å². The van der Waals surface area contributed by atoms with Crippen LogP contribution in [-0.2, 0) is 10.0 Å². The van der Waals surface area contributed by atoms with Crippen molar-refractivity contribution in [2.75, 3.05) is 17.9 Å². The zero-order valence-corrected chi connectivity index (χ0v) is 13.7. The molecule has 24 heavy (non-hydrogen) atoms. The van der Waals surface area contributed by atoms with E-state index in [2.05, 4.69) is 4.72 Å². The van der Waals surface area contributed by atoms with Gasteiger partial charge in [-0.2, -0.15) is 0 Å². The first-order valence-corrected chi connectivity index (χ1v) is 8.69. The molecule has 0 radical (unpaired) electrons. The molecule has 0 fully saturated rings. The molecule has 2 aromatic rings. The Balaban J connectivity index is 2.00. The molecule has 1 heterocycles. The SMILES string of the molecule is Cc1cccc(C(N)=O)c1NS(=O)(=O)c1ccc2c(c1)OCCO2. The number of carbonyl (C=O) groups excluding carboxylic acids is 1. The maximum Gasteiger partial charge on any atom is 0.262 e. The summed E-state index contributed by atoms with van der Waals surface area (Å²) in [7, 11) is -3.92. The quantitative estimate of drug-likeness (QED) is 0.874. The van der Waals surface area contributed by atoms with E-state index >= 15 is 0 Å². The summed E-state index contributed by atoms with van der Waals surface area (Å²) in [6.07, 6.45) is 0. The third-order valence-electron chi connectivity index (χ3n) is 3.60. The average molecular weight is 348 g/mol. The number of fused-ring (bicyclic) bond motifs is 1. The Morgan fingerprint density at radius 2 is 1.83 bits per heavy atom. The second-order valence-corrected chi connectivity index (χ2v) is 6.96. The first kappa shape index (κ1) is 16.1. The summed E-state index contributed by atoms with van der Waals surface area (Å²) in [5.41, 5.74) is 6.19. The molecule has 0 saturated heterocycles. The lowest BCUT2D eigenvalue weighted by Gasteiger charge is -2.19. The van der Waals surface area contributed by atoms with Gasteiger partial charge in [-0.1, -0.05) is 12.1 Å². The molecule has 1 aliphatic heterocycles. The van der Waals surface area contributed by atoms with Crippen molar-refractivity contribution in [1.82, 2.24) is 0 Å². The van der Waals surface area contributed by atoms with Crippen LogP contribution in [0, 0.1) is 6.92 Å². The van der Waals surface area contributed by atoms with Crippen molar-refractivity contribution in [1.29, 1.82) is 0 Å². The summed E-state index contributed by atoms with van der Waals surface area (Å²) in [6.45, 7) is 2.46. The van der Waals surface area contributed by atoms with Crippen molar-refractivity contribution >= 4 is 21.6 Å². The highest BCUT2D eigenvalue weighted by Crippen LogP contribution is 2.33. The van der Waals surface area contributed by atoms with Gasteiger partial charge in [0.15, 0.2) is 11.5 Å². The van der Waals surface area contributed by atoms with Crippen LogP contribution in [0.25, 0.3) is 0 Å². The number of rotatable bonds is 4. The molecular formula is C16H16N2O5S. The molecule has 0 unspecified atom stereocenters. The maximum absolute atomic E-state index is 12.7. The Kier molecular flexibility index (Phi) is 4.06. The zero-order chi connectivity index (χ0) is 17.3. The first-order chi connectivity index (χ1) is 11.4. The van der Waals surface area contributed by atoms with Crippen LogP contribution in [0.1, 0.15) is 15.9 Å². The van der Waals surface area contributed by atoms with E-state index in [9.17, 15) is 13.2 Å². The highest BCUT2D eigenvalue weighted by atomic mass is 32.2. The fourth-order valence-corrected chi connectivity index (χ4v) is 3.56. The van der Waals surface area contributed by atoms with Gasteiger partial charge in [0, 0.05) is 6.07 Å². The van der Waals surface area contributed by atoms with E-state index in [-0.39, 0.29) is 16.1 Å². The Morgan fingerprint density at radius 1 is 1.12 bits per heavy atom. The number of nitrogens with two attached hydrogens (primary N) is 1. The minimum absolute atomic E-state index is 0.00502. The lowest BCUT2D eigenvalue weighted by molar-refractivity contribution is 0.100. The highest BCUT2D eigenvalue weighted by molar-refractivity contribution is 7.92. The predicted molar refractivity (Wildman–Crippen MR) is 87.9 cm³/mol. The number of anilines is 1. The molecular weight excluding hydrogens is 332 g/mol. The van der Waals surface area contributed by atoms with Crippen molar-refractivity contribution in [3.05, 3.63) is 47.5 Å². The van der Waals surface area contributed by atoms with Crippen molar-refractivity contribution in [3.8, 4) is 11.5 Å². The molecule has 1 amide bonds. The Labute approximate surface area is 139 Å². The Morgan fingerprint density at radius 3 is 2.54 bits per heavy atom. The Bertz CT molecular complexity index is 909. The molecule has 0 spiro atoms. The van der Waals surface area contributed by atoms with Gasteiger partial charge in [0.1, 0.15) is 13.2 Å². The van der Waals surface area contributed by atoms with E-state index in [0.29, 0.717) is 30.3 Å². The van der Waals surface area contributed by atoms with E-state index in [0.717, 1.165) is 0 Å². The standard InChI is InChI=1S/C16H16N2O5S/c1-10-3-2-4-12(16(17)19)15(10)18-24(20,21)11-5-6-13-14(9-11)23-8-7-22-13/h2-6,9,18H,7-8H2,1H3,(H2,17,19). The number of amides is 1. The van der Waals surface area contributed by atoms with Gasteiger partial charge >= 0.3 is 0 Å². The summed E-state index contributed by atoms with van der Waals surface area (Å²) in [5, 5.41) is 0. The third kappa shape index (κ3) is 3.00. The lowest BCUT2D eigenvalue weighted by Crippen LogP contribution is -2.20. The summed E-state index contributed by atoms with van der Waals surface area (Å²) in [4.78, 5) is 11.5. The smallest absolute Gasteiger partial charge is 0.262 e. The zero-order valence-electron chi connectivity index (χ0n) is 12.9. The monoisotopic (exact) mass is 348 g/mol. The van der Waals surface area contributed by atoms with E-state index in [1.54, 1.807) is 19.1 Å². The number of carbonyl (C=O) groups is 1. The third-order valence-corrected chi connectivity index (χ3v) is 4.95. The molecule has 8 heteroatoms. The van der Waals surface area contributed by atoms with Gasteiger partial charge in [-0.05, 0) is 30.7 Å². The molecule has 2 aromatic carbocycles. The van der Waals surface area contributed by atoms with Crippen LogP contribution in [0.4, 0.5) is 5.69 Å². The second-order valence-electron chi connectivity index (χ2n) is 5.27. The number of hydrogen-bond acceptors (Lipinski definition) is 5. The van der Waals surface area contributed by atoms with Crippen LogP contribution in [-0.4, -0.2) is 27.5 Å². The van der Waals surface area contributed by atoms with Gasteiger partial charge in [0.05, 0.1) is 16.1 Å². The van der Waals surface area contributed by atoms with Crippen LogP contribution in [0.15, 0.2) is 41.3 Å². The topological polar surface area (TPSA) is 108 Å². The van der Waals surface area contributed by atoms with Crippen LogP contribution >= 0.6 is 0 Å². The second kappa shape index (κ2) is 6.04. The molecule has 0 saturated carbocycles. The summed E-state index contributed by atoms with van der Waals surface area (Å²) >= 11 is 0. The largest absolute Gasteiger partial charge is 0.486 e. The van der Waals surface area contributed by atoms with Gasteiger partial charge in [-0.3, -0.25) is 9.52 Å². The number of ether oxygens (including phenoxy) is 2. The van der Waals surface area contributed by atoms with Crippen LogP contribution < -0.4 is 19.9 Å². The van der Waals surface area contributed by atoms with Gasteiger partial charge in [-0.15, -0.1) is 0 Å². The molecule has 1 aliphatic rings. The number of nitrogens with one attached hydrogen (secondary N) is 1. The number of benzene rings is 2. The van der Waals surface area contributed by atoms with Gasteiger partial charge in [0.2, 0.25) is 0 Å². The summed E-state index contributed by atoms with van der Waals surface area (Å²) in [5.74, 6) is 0.150. The first-order valence-electron chi connectivity index (χ1n) is 7.20. The number of hydrogen-bond donors (Lipinski definition) is 2. The van der Waals surface area contributed by atoms with E-state index in [1.807, 2.05) is 0 Å². The molecule has 7 nitrogen and oxygen atoms in total. The minimum Gasteiger partial charge on any atom is -0.486 e. The van der Waals surface area contributed by atoms with Crippen molar-refractivity contribution < 1.29 is 22.7 Å². The summed E-state index contributed by atoms with van der Waals surface area (Å²) in [6, 6.07) is 9.13. The minimum atomic E-state index is -3.92. The van der Waals surface area contributed by atoms with Crippen molar-refractivity contribution in [2.45, 2.75) is 11.8 Å². The lowest BCUT2D eigenvalue weighted by atomic mass is 10.1. The molecule has 0 atom stereocenters. The van der Waals surface area contributed by atoms with E-state index in [4.69, 9.17) is 15.2 Å². The van der Waals surface area contributed by atoms with Gasteiger partial charge in [-0.25, -0.2) is 8.42 Å². The van der Waals surface area contributed by atoms with E-state index < -0.39 is 15.9 Å². The molecule has 0 aliphatic carbocycles. The predicted octanol–water partition coefficient (Wildman–Crippen LogP) is 1.67. The number of aryl methyl sites for hydroxylation is 1. The van der Waals surface area contributed by atoms with Gasteiger partial charge in [0.25, 0.3) is 15.9 Å². The van der Waals surface area contributed by atoms with Gasteiger partial charge < -0.3 is 15.2 Å². The molecule has 126 valence electrons. The highest BCUT2D eigenvalue weighted by Gasteiger charge is 2.22. The van der Waals surface area contributed by atoms with Crippen LogP contribution in [0.5, 0.6) is 11.5 Å². The molecule has 3 N–H and O–H groups in total. The number of sulfonamides is 1. The van der Waals surface area contributed by atoms with E-state index in [1.165, 1.54) is 24.3 Å². The summed E-state index contributed by atoms with van der Waals surface area (Å²) < 4.78 is 38.5. The normalized spacial score (nSPS) is 13.4. The van der Waals surface area contributed by atoms with Crippen LogP contribution in [0.3, 0.4) is 0 Å². The molecule has 0 aromatic heterocycles. The Hall–Kier alpha value is -2.74.